The van der Waals surface area contributed by atoms with E-state index >= 15 is 0 Å². The number of rotatable bonds is 7. The minimum Gasteiger partial charge on any atom is -0.472 e. The van der Waals surface area contributed by atoms with E-state index in [0.29, 0.717) is 36.6 Å². The lowest BCUT2D eigenvalue weighted by atomic mass is 9.99. The van der Waals surface area contributed by atoms with E-state index < -0.39 is 62.5 Å². The number of fused-ring (bicyclic) bond motifs is 5. The van der Waals surface area contributed by atoms with Crippen LogP contribution in [0.4, 0.5) is 0 Å². The lowest BCUT2D eigenvalue weighted by molar-refractivity contribution is -0.141. The van der Waals surface area contributed by atoms with Crippen LogP contribution in [0.3, 0.4) is 0 Å². The molecule has 276 valence electrons. The van der Waals surface area contributed by atoms with Crippen molar-refractivity contribution in [3.8, 4) is 5.88 Å². The van der Waals surface area contributed by atoms with Gasteiger partial charge in [0.05, 0.1) is 29.4 Å². The summed E-state index contributed by atoms with van der Waals surface area (Å²) in [5, 5.41) is 5.43. The average molecular weight is 757 g/mol. The van der Waals surface area contributed by atoms with Crippen molar-refractivity contribution in [2.45, 2.75) is 86.6 Å². The molecule has 15 heteroatoms. The number of ether oxygens (including phenoxy) is 1. The van der Waals surface area contributed by atoms with Crippen molar-refractivity contribution >= 4 is 66.7 Å². The Morgan fingerprint density at radius 2 is 1.75 bits per heavy atom. The highest BCUT2D eigenvalue weighted by molar-refractivity contribution is 7.91. The summed E-state index contributed by atoms with van der Waals surface area (Å²) in [7, 11) is -3.88. The molecule has 0 radical (unpaired) electrons. The van der Waals surface area contributed by atoms with E-state index in [4.69, 9.17) is 15.5 Å². The predicted octanol–water partition coefficient (Wildman–Crippen LogP) is 4.08. The maximum Gasteiger partial charge on any atom is 0.260 e. The monoisotopic (exact) mass is 756 g/mol. The van der Waals surface area contributed by atoms with Crippen LogP contribution in [0.2, 0.25) is 0 Å². The van der Waals surface area contributed by atoms with Gasteiger partial charge in [0.25, 0.3) is 11.8 Å². The Morgan fingerprint density at radius 1 is 1.00 bits per heavy atom. The van der Waals surface area contributed by atoms with Gasteiger partial charge in [-0.25, -0.2) is 18.4 Å². The Balaban J connectivity index is 1.15. The highest BCUT2D eigenvalue weighted by Gasteiger charge is 2.62. The molecule has 2 aromatic heterocycles. The van der Waals surface area contributed by atoms with Crippen molar-refractivity contribution in [1.29, 1.82) is 0 Å². The molecular weight excluding hydrogens is 717 g/mol. The van der Waals surface area contributed by atoms with Gasteiger partial charge in [0.15, 0.2) is 0 Å². The molecule has 53 heavy (non-hydrogen) atoms. The smallest absolute Gasteiger partial charge is 0.260 e. The molecular formula is C38H40N6O7S2. The third kappa shape index (κ3) is 6.87. The van der Waals surface area contributed by atoms with Gasteiger partial charge >= 0.3 is 0 Å². The fourth-order valence-corrected chi connectivity index (χ4v) is 9.89. The molecule has 13 nitrogen and oxygen atoms in total. The van der Waals surface area contributed by atoms with Crippen LogP contribution in [-0.4, -0.2) is 76.4 Å². The number of carbonyl (C=O) groups is 4. The van der Waals surface area contributed by atoms with E-state index in [-0.39, 0.29) is 30.2 Å². The minimum absolute atomic E-state index is 0.0445. The summed E-state index contributed by atoms with van der Waals surface area (Å²) in [5.74, 6) is -3.14. The summed E-state index contributed by atoms with van der Waals surface area (Å²) in [5.41, 5.74) is 4.80. The van der Waals surface area contributed by atoms with Crippen LogP contribution in [-0.2, 0) is 24.4 Å². The number of allylic oxidation sites excluding steroid dienone is 1. The molecule has 4 heterocycles. The maximum atomic E-state index is 14.7. The second-order valence-corrected chi connectivity index (χ2v) is 17.5. The van der Waals surface area contributed by atoms with Crippen molar-refractivity contribution in [3.63, 3.8) is 0 Å². The van der Waals surface area contributed by atoms with Gasteiger partial charge in [0.1, 0.15) is 27.6 Å². The number of hydrogen-bond acceptors (Lipinski definition) is 10. The third-order valence-electron chi connectivity index (χ3n) is 10.8. The second-order valence-electron chi connectivity index (χ2n) is 14.5. The van der Waals surface area contributed by atoms with E-state index in [1.54, 1.807) is 0 Å². The molecule has 2 aliphatic heterocycles. The van der Waals surface area contributed by atoms with Gasteiger partial charge in [-0.2, -0.15) is 0 Å². The van der Waals surface area contributed by atoms with Crippen LogP contribution in [0.1, 0.15) is 78.4 Å². The molecule has 1 saturated heterocycles. The number of nitrogens with one attached hydrogen (secondary N) is 2. The fraction of sp³-hybridized carbons (Fsp3) is 0.421. The molecule has 0 spiro atoms. The SMILES string of the molecule is NC(=O)c1cnc([C@H]2CCCCC/C=C\[C@@H]3C[C@@]3(C(=O)NS(=O)(=O)C3CC3)NC(=O)[C@@H]3C[C@@H](Oc4nc5ccccc5c5ccccc45)CN3C2=O)s1. The Labute approximate surface area is 310 Å². The summed E-state index contributed by atoms with van der Waals surface area (Å²) >= 11 is 1.07. The van der Waals surface area contributed by atoms with Crippen molar-refractivity contribution < 1.29 is 32.3 Å². The standard InChI is InChI=1S/C38H40N6O7S2/c39-32(45)31-20-40-35(52-31)28-14-5-3-1-2-4-10-22-19-38(22,37(48)43-53(49,50)24-16-17-24)42-33(46)30-18-23(21-44(30)36(28)47)51-34-27-13-7-6-11-25(27)26-12-8-9-15-29(26)41-34/h4,6-13,15,20,22-24,28,30H,1-3,5,14,16-19,21H2,(H2,39,45)(H,42,46)(H,43,48)/b10-4-/t22-,23-,28-,30+,38-/m1/s1. The summed E-state index contributed by atoms with van der Waals surface area (Å²) in [6.07, 6.45) is 9.34. The Hall–Kier alpha value is -4.89. The molecule has 4 aliphatic rings. The number of nitrogens with zero attached hydrogens (tertiary/aromatic N) is 3. The normalized spacial score (nSPS) is 27.2. The average Bonchev–Trinajstić information content (AvgIpc) is 4.02. The quantitative estimate of drug-likeness (QED) is 0.184. The molecule has 4 N–H and O–H groups in total. The summed E-state index contributed by atoms with van der Waals surface area (Å²) in [4.78, 5) is 65.9. The Morgan fingerprint density at radius 3 is 2.51 bits per heavy atom. The predicted molar refractivity (Wildman–Crippen MR) is 198 cm³/mol. The zero-order valence-electron chi connectivity index (χ0n) is 28.9. The van der Waals surface area contributed by atoms with Crippen molar-refractivity contribution in [3.05, 3.63) is 76.8 Å². The Kier molecular flexibility index (Phi) is 9.17. The van der Waals surface area contributed by atoms with Crippen LogP contribution in [0.5, 0.6) is 5.88 Å². The number of para-hydroxylation sites is 1. The van der Waals surface area contributed by atoms with Gasteiger partial charge in [0.2, 0.25) is 27.7 Å². The first kappa shape index (κ1) is 35.2. The van der Waals surface area contributed by atoms with Gasteiger partial charge in [-0.05, 0) is 56.0 Å². The highest BCUT2D eigenvalue weighted by Crippen LogP contribution is 2.46. The van der Waals surface area contributed by atoms with Gasteiger partial charge in [-0.15, -0.1) is 11.3 Å². The third-order valence-corrected chi connectivity index (χ3v) is 13.7. The molecule has 0 bridgehead atoms. The number of benzene rings is 2. The Bertz CT molecular complexity index is 2270. The van der Waals surface area contributed by atoms with Crippen LogP contribution >= 0.6 is 11.3 Å². The number of amides is 4. The van der Waals surface area contributed by atoms with Crippen LogP contribution in [0.25, 0.3) is 21.7 Å². The van der Waals surface area contributed by atoms with Crippen molar-refractivity contribution in [2.24, 2.45) is 11.7 Å². The maximum absolute atomic E-state index is 14.7. The van der Waals surface area contributed by atoms with Gasteiger partial charge in [-0.1, -0.05) is 61.4 Å². The van der Waals surface area contributed by atoms with E-state index in [9.17, 15) is 27.6 Å². The number of primary amides is 1. The molecule has 2 aliphatic carbocycles. The highest BCUT2D eigenvalue weighted by atomic mass is 32.2. The second kappa shape index (κ2) is 13.8. The summed E-state index contributed by atoms with van der Waals surface area (Å²) in [6.45, 7) is 0.0445. The number of aromatic nitrogens is 2. The van der Waals surface area contributed by atoms with Crippen LogP contribution in [0, 0.1) is 5.92 Å². The van der Waals surface area contributed by atoms with E-state index in [1.165, 1.54) is 11.1 Å². The zero-order chi connectivity index (χ0) is 36.9. The summed E-state index contributed by atoms with van der Waals surface area (Å²) < 4.78 is 34.5. The van der Waals surface area contributed by atoms with E-state index in [0.717, 1.165) is 52.3 Å². The van der Waals surface area contributed by atoms with Gasteiger partial charge < -0.3 is 20.7 Å². The molecule has 2 aromatic carbocycles. The molecule has 0 unspecified atom stereocenters. The van der Waals surface area contributed by atoms with Crippen molar-refractivity contribution in [2.75, 3.05) is 6.54 Å². The van der Waals surface area contributed by atoms with Crippen LogP contribution < -0.4 is 20.5 Å². The lowest BCUT2D eigenvalue weighted by Crippen LogP contribution is -2.57. The number of nitrogens with two attached hydrogens (primary N) is 1. The number of carbonyl (C=O) groups excluding carboxylic acids is 4. The fourth-order valence-electron chi connectivity index (χ4n) is 7.63. The van der Waals surface area contributed by atoms with Gasteiger partial charge in [0, 0.05) is 23.1 Å². The number of sulfonamides is 1. The lowest BCUT2D eigenvalue weighted by Gasteiger charge is -2.29. The minimum atomic E-state index is -3.88. The van der Waals surface area contributed by atoms with Gasteiger partial charge in [-0.3, -0.25) is 23.9 Å². The number of thiazole rings is 1. The number of pyridine rings is 1. The molecule has 4 aromatic rings. The topological polar surface area (TPSA) is 191 Å². The van der Waals surface area contributed by atoms with E-state index in [1.807, 2.05) is 60.7 Å². The molecule has 2 saturated carbocycles. The molecule has 3 fully saturated rings. The first-order valence-corrected chi connectivity index (χ1v) is 20.5. The van der Waals surface area contributed by atoms with Crippen LogP contribution in [0.15, 0.2) is 66.9 Å². The summed E-state index contributed by atoms with van der Waals surface area (Å²) in [6, 6.07) is 14.4. The number of hydrogen-bond donors (Lipinski definition) is 3. The molecule has 4 amide bonds. The molecule has 5 atom stereocenters. The first-order valence-electron chi connectivity index (χ1n) is 18.1. The van der Waals surface area contributed by atoms with Crippen molar-refractivity contribution in [1.82, 2.24) is 24.9 Å². The van der Waals surface area contributed by atoms with E-state index in [2.05, 4.69) is 15.0 Å². The zero-order valence-corrected chi connectivity index (χ0v) is 30.5. The molecule has 8 rings (SSSR count). The largest absolute Gasteiger partial charge is 0.472 e. The first-order chi connectivity index (χ1) is 25.5.